The molecule has 15 heavy (non-hydrogen) atoms. The smallest absolute Gasteiger partial charge is 0.263 e. The van der Waals surface area contributed by atoms with Gasteiger partial charge in [-0.2, -0.15) is 0 Å². The molecule has 1 unspecified atom stereocenters. The zero-order valence-electron chi connectivity index (χ0n) is 8.30. The zero-order chi connectivity index (χ0) is 11.0. The Balaban J connectivity index is 2.35. The predicted molar refractivity (Wildman–Crippen MR) is 54.3 cm³/mol. The third kappa shape index (κ3) is 1.64. The molecule has 2 rings (SSSR count). The summed E-state index contributed by atoms with van der Waals surface area (Å²) in [7, 11) is 0. The highest BCUT2D eigenvalue weighted by molar-refractivity contribution is 6.21. The van der Waals surface area contributed by atoms with Crippen LogP contribution in [0.5, 0.6) is 0 Å². The molecule has 1 aromatic rings. The van der Waals surface area contributed by atoms with E-state index in [1.54, 1.807) is 12.1 Å². The number of carbonyl (C=O) groups excluding carboxylic acids is 2. The highest BCUT2D eigenvalue weighted by Crippen LogP contribution is 2.22. The number of anilines is 1. The number of imide groups is 1. The highest BCUT2D eigenvalue weighted by Gasteiger charge is 2.38. The van der Waals surface area contributed by atoms with Crippen LogP contribution in [0.2, 0.25) is 0 Å². The molecule has 0 saturated carbocycles. The van der Waals surface area contributed by atoms with Crippen molar-refractivity contribution < 1.29 is 14.7 Å². The first-order valence-corrected chi connectivity index (χ1v) is 4.71. The maximum absolute atomic E-state index is 11.5. The summed E-state index contributed by atoms with van der Waals surface area (Å²) in [4.78, 5) is 23.9. The van der Waals surface area contributed by atoms with Crippen molar-refractivity contribution in [3.8, 4) is 0 Å². The number of carbonyl (C=O) groups is 2. The summed E-state index contributed by atoms with van der Waals surface area (Å²) in [6.45, 7) is 1.92. The summed E-state index contributed by atoms with van der Waals surface area (Å²) < 4.78 is 0. The molecule has 1 saturated heterocycles. The fourth-order valence-corrected chi connectivity index (χ4v) is 1.58. The molecular weight excluding hydrogens is 194 g/mol. The van der Waals surface area contributed by atoms with Crippen LogP contribution >= 0.6 is 0 Å². The monoisotopic (exact) mass is 205 g/mol. The Bertz CT molecular complexity index is 410. The van der Waals surface area contributed by atoms with Crippen LogP contribution in [-0.4, -0.2) is 23.0 Å². The van der Waals surface area contributed by atoms with E-state index in [4.69, 9.17) is 0 Å². The van der Waals surface area contributed by atoms with E-state index in [0.717, 1.165) is 10.5 Å². The minimum Gasteiger partial charge on any atom is -0.383 e. The average Bonchev–Trinajstić information content (AvgIpc) is 2.44. The standard InChI is InChI=1S/C11H11NO3/c1-7-2-4-8(5-3-7)12-10(14)6-9(13)11(12)15/h2-5,9,13H,6H2,1H3. The number of benzene rings is 1. The first kappa shape index (κ1) is 9.86. The van der Waals surface area contributed by atoms with Crippen LogP contribution in [0.3, 0.4) is 0 Å². The SMILES string of the molecule is Cc1ccc(N2C(=O)CC(O)C2=O)cc1. The van der Waals surface area contributed by atoms with E-state index in [2.05, 4.69) is 0 Å². The molecule has 2 amide bonds. The van der Waals surface area contributed by atoms with Gasteiger partial charge in [0.15, 0.2) is 0 Å². The maximum Gasteiger partial charge on any atom is 0.263 e. The van der Waals surface area contributed by atoms with Crippen LogP contribution in [0.15, 0.2) is 24.3 Å². The molecule has 1 aliphatic rings. The molecule has 0 spiro atoms. The molecule has 4 heteroatoms. The Kier molecular flexibility index (Phi) is 2.28. The average molecular weight is 205 g/mol. The quantitative estimate of drug-likeness (QED) is 0.684. The summed E-state index contributed by atoms with van der Waals surface area (Å²) in [6, 6.07) is 7.04. The van der Waals surface area contributed by atoms with Crippen molar-refractivity contribution in [1.82, 2.24) is 0 Å². The van der Waals surface area contributed by atoms with Crippen molar-refractivity contribution in [2.24, 2.45) is 0 Å². The zero-order valence-corrected chi connectivity index (χ0v) is 8.30. The van der Waals surface area contributed by atoms with E-state index in [-0.39, 0.29) is 12.3 Å². The van der Waals surface area contributed by atoms with Gasteiger partial charge in [-0.1, -0.05) is 17.7 Å². The first-order chi connectivity index (χ1) is 7.09. The van der Waals surface area contributed by atoms with Crippen molar-refractivity contribution in [2.75, 3.05) is 4.90 Å². The molecule has 0 aliphatic carbocycles. The fraction of sp³-hybridized carbons (Fsp3) is 0.273. The van der Waals surface area contributed by atoms with Crippen LogP contribution < -0.4 is 4.90 Å². The number of nitrogens with zero attached hydrogens (tertiary/aromatic N) is 1. The van der Waals surface area contributed by atoms with E-state index in [0.29, 0.717) is 5.69 Å². The minimum atomic E-state index is -1.18. The van der Waals surface area contributed by atoms with Gasteiger partial charge >= 0.3 is 0 Å². The van der Waals surface area contributed by atoms with E-state index in [1.807, 2.05) is 19.1 Å². The Morgan fingerprint density at radius 1 is 1.27 bits per heavy atom. The lowest BCUT2D eigenvalue weighted by molar-refractivity contribution is -0.124. The summed E-state index contributed by atoms with van der Waals surface area (Å²) in [6.07, 6.45) is -1.30. The van der Waals surface area contributed by atoms with Gasteiger partial charge in [0.1, 0.15) is 6.10 Å². The third-order valence-corrected chi connectivity index (χ3v) is 2.41. The molecule has 1 atom stereocenters. The van der Waals surface area contributed by atoms with Crippen LogP contribution in [0.25, 0.3) is 0 Å². The molecule has 0 bridgehead atoms. The second-order valence-electron chi connectivity index (χ2n) is 3.62. The lowest BCUT2D eigenvalue weighted by Gasteiger charge is -2.13. The summed E-state index contributed by atoms with van der Waals surface area (Å²) >= 11 is 0. The van der Waals surface area contributed by atoms with Crippen LogP contribution in [0.1, 0.15) is 12.0 Å². The molecule has 1 aliphatic heterocycles. The molecule has 1 fully saturated rings. The van der Waals surface area contributed by atoms with Gasteiger partial charge in [0.05, 0.1) is 12.1 Å². The third-order valence-electron chi connectivity index (χ3n) is 2.41. The largest absolute Gasteiger partial charge is 0.383 e. The number of aliphatic hydroxyl groups excluding tert-OH is 1. The molecule has 78 valence electrons. The van der Waals surface area contributed by atoms with Gasteiger partial charge < -0.3 is 5.11 Å². The van der Waals surface area contributed by atoms with Crippen LogP contribution in [-0.2, 0) is 9.59 Å². The van der Waals surface area contributed by atoms with E-state index in [1.165, 1.54) is 0 Å². The van der Waals surface area contributed by atoms with E-state index in [9.17, 15) is 14.7 Å². The molecule has 0 aromatic heterocycles. The molecule has 1 aromatic carbocycles. The Morgan fingerprint density at radius 2 is 1.87 bits per heavy atom. The van der Waals surface area contributed by atoms with Crippen molar-refractivity contribution in [1.29, 1.82) is 0 Å². The van der Waals surface area contributed by atoms with Gasteiger partial charge in [-0.05, 0) is 19.1 Å². The molecule has 1 N–H and O–H groups in total. The van der Waals surface area contributed by atoms with Gasteiger partial charge in [-0.3, -0.25) is 9.59 Å². The number of hydrogen-bond acceptors (Lipinski definition) is 3. The van der Waals surface area contributed by atoms with Gasteiger partial charge in [0.25, 0.3) is 5.91 Å². The number of aliphatic hydroxyl groups is 1. The first-order valence-electron chi connectivity index (χ1n) is 4.71. The van der Waals surface area contributed by atoms with Crippen LogP contribution in [0, 0.1) is 6.92 Å². The summed E-state index contributed by atoms with van der Waals surface area (Å²) in [5, 5.41) is 9.24. The number of rotatable bonds is 1. The highest BCUT2D eigenvalue weighted by atomic mass is 16.3. The second-order valence-corrected chi connectivity index (χ2v) is 3.62. The molecule has 0 radical (unpaired) electrons. The second kappa shape index (κ2) is 3.47. The minimum absolute atomic E-state index is 0.118. The Morgan fingerprint density at radius 3 is 2.33 bits per heavy atom. The Hall–Kier alpha value is -1.68. The summed E-state index contributed by atoms with van der Waals surface area (Å²) in [5.41, 5.74) is 1.57. The molecule has 4 nitrogen and oxygen atoms in total. The summed E-state index contributed by atoms with van der Waals surface area (Å²) in [5.74, 6) is -0.889. The molecular formula is C11H11NO3. The number of aryl methyl sites for hydroxylation is 1. The topological polar surface area (TPSA) is 57.6 Å². The lowest BCUT2D eigenvalue weighted by Crippen LogP contribution is -2.31. The van der Waals surface area contributed by atoms with Gasteiger partial charge in [0.2, 0.25) is 5.91 Å². The van der Waals surface area contributed by atoms with Crippen LogP contribution in [0.4, 0.5) is 5.69 Å². The van der Waals surface area contributed by atoms with Crippen molar-refractivity contribution in [3.63, 3.8) is 0 Å². The Labute approximate surface area is 87.1 Å². The number of hydrogen-bond donors (Lipinski definition) is 1. The van der Waals surface area contributed by atoms with E-state index >= 15 is 0 Å². The predicted octanol–water partition coefficient (Wildman–Crippen LogP) is 0.619. The number of amides is 2. The fourth-order valence-electron chi connectivity index (χ4n) is 1.58. The maximum atomic E-state index is 11.5. The lowest BCUT2D eigenvalue weighted by atomic mass is 10.2. The van der Waals surface area contributed by atoms with Crippen molar-refractivity contribution in [3.05, 3.63) is 29.8 Å². The normalized spacial score (nSPS) is 21.2. The van der Waals surface area contributed by atoms with Gasteiger partial charge in [-0.15, -0.1) is 0 Å². The molecule has 1 heterocycles. The van der Waals surface area contributed by atoms with E-state index < -0.39 is 12.0 Å². The van der Waals surface area contributed by atoms with Crippen molar-refractivity contribution >= 4 is 17.5 Å². The van der Waals surface area contributed by atoms with Gasteiger partial charge in [-0.25, -0.2) is 4.90 Å². The van der Waals surface area contributed by atoms with Gasteiger partial charge in [0, 0.05) is 0 Å². The van der Waals surface area contributed by atoms with Crippen molar-refractivity contribution in [2.45, 2.75) is 19.4 Å².